The quantitative estimate of drug-likeness (QED) is 0.912. The number of ether oxygens (including phenoxy) is 1. The topological polar surface area (TPSA) is 36.5 Å². The van der Waals surface area contributed by atoms with E-state index in [2.05, 4.69) is 10.7 Å². The molecule has 1 saturated heterocycles. The zero-order valence-corrected chi connectivity index (χ0v) is 13.3. The molecule has 4 nitrogen and oxygen atoms in total. The molecule has 116 valence electrons. The van der Waals surface area contributed by atoms with Crippen LogP contribution in [0.1, 0.15) is 16.7 Å². The van der Waals surface area contributed by atoms with E-state index >= 15 is 0 Å². The third kappa shape index (κ3) is 2.23. The van der Waals surface area contributed by atoms with Crippen LogP contribution in [-0.4, -0.2) is 26.2 Å². The van der Waals surface area contributed by atoms with Crippen molar-refractivity contribution in [3.05, 3.63) is 39.8 Å². The van der Waals surface area contributed by atoms with Crippen molar-refractivity contribution < 1.29 is 9.13 Å². The first kappa shape index (κ1) is 14.1. The lowest BCUT2D eigenvalue weighted by Crippen LogP contribution is -2.50. The van der Waals surface area contributed by atoms with Crippen LogP contribution in [0.2, 0.25) is 0 Å². The van der Waals surface area contributed by atoms with Crippen molar-refractivity contribution in [2.75, 3.05) is 25.1 Å². The fourth-order valence-corrected chi connectivity index (χ4v) is 3.94. The average Bonchev–Trinajstić information content (AvgIpc) is 2.97. The van der Waals surface area contributed by atoms with Crippen LogP contribution in [0, 0.1) is 12.7 Å². The average molecular weight is 319 g/mol. The number of hydrogen-bond acceptors (Lipinski definition) is 5. The van der Waals surface area contributed by atoms with Gasteiger partial charge in [-0.15, -0.1) is 11.3 Å². The fourth-order valence-electron chi connectivity index (χ4n) is 2.87. The molecule has 3 heterocycles. The Labute approximate surface area is 132 Å². The van der Waals surface area contributed by atoms with Gasteiger partial charge >= 0.3 is 0 Å². The summed E-state index contributed by atoms with van der Waals surface area (Å²) in [5.74, 6) is -0.179. The summed E-state index contributed by atoms with van der Waals surface area (Å²) in [5, 5.41) is 7.16. The summed E-state index contributed by atoms with van der Waals surface area (Å²) in [4.78, 5) is 1.12. The van der Waals surface area contributed by atoms with Gasteiger partial charge in [0, 0.05) is 36.6 Å². The van der Waals surface area contributed by atoms with Crippen LogP contribution in [0.25, 0.3) is 11.1 Å². The van der Waals surface area contributed by atoms with E-state index in [0.717, 1.165) is 34.8 Å². The van der Waals surface area contributed by atoms with Crippen LogP contribution >= 0.6 is 11.3 Å². The van der Waals surface area contributed by atoms with Gasteiger partial charge < -0.3 is 15.1 Å². The van der Waals surface area contributed by atoms with Gasteiger partial charge in [0.25, 0.3) is 0 Å². The Morgan fingerprint density at radius 3 is 2.82 bits per heavy atom. The Morgan fingerprint density at radius 1 is 1.32 bits per heavy atom. The van der Waals surface area contributed by atoms with Crippen molar-refractivity contribution in [1.29, 1.82) is 0 Å². The third-order valence-electron chi connectivity index (χ3n) is 4.16. The van der Waals surface area contributed by atoms with Crippen molar-refractivity contribution in [3.63, 3.8) is 0 Å². The lowest BCUT2D eigenvalue weighted by molar-refractivity contribution is -0.0490. The highest BCUT2D eigenvalue weighted by atomic mass is 32.1. The molecule has 1 aromatic carbocycles. The molecule has 2 N–H and O–H groups in total. The minimum absolute atomic E-state index is 0.139. The second-order valence-electron chi connectivity index (χ2n) is 5.83. The summed E-state index contributed by atoms with van der Waals surface area (Å²) in [5.41, 5.74) is 6.82. The van der Waals surface area contributed by atoms with Crippen LogP contribution in [0.5, 0.6) is 0 Å². The third-order valence-corrected chi connectivity index (χ3v) is 5.18. The Morgan fingerprint density at radius 2 is 2.14 bits per heavy atom. The molecule has 0 aliphatic carbocycles. The Balaban J connectivity index is 1.70. The highest BCUT2D eigenvalue weighted by Crippen LogP contribution is 2.46. The second kappa shape index (κ2) is 5.31. The van der Waals surface area contributed by atoms with Crippen molar-refractivity contribution in [2.45, 2.75) is 19.3 Å². The molecule has 1 atom stereocenters. The fraction of sp³-hybridized carbons (Fsp3) is 0.375. The largest absolute Gasteiger partial charge is 0.351 e. The molecule has 22 heavy (non-hydrogen) atoms. The molecule has 6 heteroatoms. The van der Waals surface area contributed by atoms with Crippen LogP contribution in [0.3, 0.4) is 0 Å². The van der Waals surface area contributed by atoms with Gasteiger partial charge in [-0.25, -0.2) is 9.82 Å². The summed E-state index contributed by atoms with van der Waals surface area (Å²) in [6, 6.07) is 5.37. The van der Waals surface area contributed by atoms with Gasteiger partial charge in [-0.3, -0.25) is 0 Å². The summed E-state index contributed by atoms with van der Waals surface area (Å²) >= 11 is 1.62. The SMILES string of the molecule is Cc1ccc(-c2csc3c2N(C)NC3OC2CNC2)c(F)c1. The van der Waals surface area contributed by atoms with E-state index in [1.165, 1.54) is 0 Å². The van der Waals surface area contributed by atoms with E-state index < -0.39 is 0 Å². The van der Waals surface area contributed by atoms with Gasteiger partial charge in [0.05, 0.1) is 16.7 Å². The van der Waals surface area contributed by atoms with E-state index in [4.69, 9.17) is 4.74 Å². The van der Waals surface area contributed by atoms with E-state index in [9.17, 15) is 4.39 Å². The maximum Gasteiger partial charge on any atom is 0.162 e. The van der Waals surface area contributed by atoms with Gasteiger partial charge in [0.15, 0.2) is 6.23 Å². The smallest absolute Gasteiger partial charge is 0.162 e. The highest BCUT2D eigenvalue weighted by Gasteiger charge is 2.34. The van der Waals surface area contributed by atoms with Crippen molar-refractivity contribution in [3.8, 4) is 11.1 Å². The number of benzene rings is 1. The number of hydrogen-bond donors (Lipinski definition) is 2. The van der Waals surface area contributed by atoms with Gasteiger partial charge in [-0.05, 0) is 18.6 Å². The molecule has 1 aromatic heterocycles. The Hall–Kier alpha value is -1.47. The van der Waals surface area contributed by atoms with E-state index in [0.29, 0.717) is 5.56 Å². The molecule has 1 unspecified atom stereocenters. The van der Waals surface area contributed by atoms with E-state index in [1.54, 1.807) is 17.4 Å². The number of halogens is 1. The first-order chi connectivity index (χ1) is 10.6. The van der Waals surface area contributed by atoms with Gasteiger partial charge in [0.1, 0.15) is 5.82 Å². The number of hydrazine groups is 1. The van der Waals surface area contributed by atoms with Gasteiger partial charge in [-0.2, -0.15) is 0 Å². The molecular formula is C16H18FN3OS. The lowest BCUT2D eigenvalue weighted by Gasteiger charge is -2.30. The number of fused-ring (bicyclic) bond motifs is 1. The van der Waals surface area contributed by atoms with Crippen molar-refractivity contribution in [1.82, 2.24) is 10.7 Å². The molecular weight excluding hydrogens is 301 g/mol. The van der Waals surface area contributed by atoms with Crippen molar-refractivity contribution >= 4 is 17.0 Å². The molecule has 2 aromatic rings. The molecule has 2 aliphatic heterocycles. The first-order valence-electron chi connectivity index (χ1n) is 7.37. The standard InChI is InChI=1S/C16H18FN3OS/c1-9-3-4-11(13(17)5-9)12-8-22-15-14(12)20(2)19-16(15)21-10-6-18-7-10/h3-5,8,10,16,18-19H,6-7H2,1-2H3. The monoisotopic (exact) mass is 319 g/mol. The van der Waals surface area contributed by atoms with E-state index in [1.807, 2.05) is 36.5 Å². The molecule has 1 fully saturated rings. The molecule has 0 amide bonds. The molecule has 2 aliphatic rings. The van der Waals surface area contributed by atoms with Crippen LogP contribution in [0.4, 0.5) is 10.1 Å². The number of aryl methyl sites for hydroxylation is 1. The summed E-state index contributed by atoms with van der Waals surface area (Å²) in [6.07, 6.45) is 0.109. The second-order valence-corrected chi connectivity index (χ2v) is 6.74. The number of rotatable bonds is 3. The zero-order chi connectivity index (χ0) is 15.3. The predicted molar refractivity (Wildman–Crippen MR) is 86.5 cm³/mol. The number of nitrogens with one attached hydrogen (secondary N) is 2. The maximum absolute atomic E-state index is 14.3. The minimum atomic E-state index is -0.179. The van der Waals surface area contributed by atoms with E-state index in [-0.39, 0.29) is 18.1 Å². The van der Waals surface area contributed by atoms with Crippen molar-refractivity contribution in [2.24, 2.45) is 0 Å². The van der Waals surface area contributed by atoms with Crippen LogP contribution < -0.4 is 15.8 Å². The minimum Gasteiger partial charge on any atom is -0.351 e. The maximum atomic E-state index is 14.3. The predicted octanol–water partition coefficient (Wildman–Crippen LogP) is 2.80. The lowest BCUT2D eigenvalue weighted by atomic mass is 10.0. The first-order valence-corrected chi connectivity index (χ1v) is 8.25. The number of thiophene rings is 1. The molecule has 0 radical (unpaired) electrons. The number of anilines is 1. The Bertz CT molecular complexity index is 713. The molecule has 0 bridgehead atoms. The summed E-state index contributed by atoms with van der Waals surface area (Å²) < 4.78 is 20.4. The highest BCUT2D eigenvalue weighted by molar-refractivity contribution is 7.11. The van der Waals surface area contributed by atoms with Gasteiger partial charge in [-0.1, -0.05) is 12.1 Å². The molecule has 4 rings (SSSR count). The summed E-state index contributed by atoms with van der Waals surface area (Å²) in [6.45, 7) is 3.68. The van der Waals surface area contributed by atoms with Crippen LogP contribution in [0.15, 0.2) is 23.6 Å². The number of nitrogens with zero attached hydrogens (tertiary/aromatic N) is 1. The molecule has 0 spiro atoms. The summed E-state index contributed by atoms with van der Waals surface area (Å²) in [7, 11) is 1.95. The van der Waals surface area contributed by atoms with Crippen LogP contribution in [-0.2, 0) is 4.74 Å². The molecule has 0 saturated carbocycles. The van der Waals surface area contributed by atoms with Gasteiger partial charge in [0.2, 0.25) is 0 Å². The normalized spacial score (nSPS) is 21.0. The Kier molecular flexibility index (Phi) is 3.41. The zero-order valence-electron chi connectivity index (χ0n) is 12.5.